The molecular weight excluding hydrogens is 203 g/mol. The van der Waals surface area contributed by atoms with E-state index in [1.165, 1.54) is 0 Å². The minimum Gasteiger partial charge on any atom is -0.320 e. The van der Waals surface area contributed by atoms with Gasteiger partial charge in [0.2, 0.25) is 0 Å². The van der Waals surface area contributed by atoms with Crippen LogP contribution in [-0.2, 0) is 12.8 Å². The van der Waals surface area contributed by atoms with E-state index in [-0.39, 0.29) is 0 Å². The van der Waals surface area contributed by atoms with Gasteiger partial charge in [0.1, 0.15) is 11.0 Å². The Labute approximate surface area is 79.9 Å². The Kier molecular flexibility index (Phi) is 3.10. The average Bonchev–Trinajstić information content (AvgIpc) is 2.19. The maximum absolute atomic E-state index is 5.79. The minimum atomic E-state index is 0.387. The summed E-state index contributed by atoms with van der Waals surface area (Å²) >= 11 is 13.2. The Bertz CT molecular complexity index is 259. The van der Waals surface area contributed by atoms with Gasteiger partial charge in [-0.25, -0.2) is 4.98 Å². The molecule has 5 heteroatoms. The standard InChI is InChI=1S/C6H8Cl2N2S/c1-10-4(3-11-2)9-5(7)6(10)8/h3H2,1-2H3. The summed E-state index contributed by atoms with van der Waals surface area (Å²) in [6.45, 7) is 0. The highest BCUT2D eigenvalue weighted by molar-refractivity contribution is 7.97. The zero-order valence-corrected chi connectivity index (χ0v) is 8.59. The first-order valence-electron chi connectivity index (χ1n) is 3.02. The summed E-state index contributed by atoms with van der Waals surface area (Å²) in [5.74, 6) is 1.75. The van der Waals surface area contributed by atoms with Crippen molar-refractivity contribution in [2.45, 2.75) is 5.75 Å². The second-order valence-electron chi connectivity index (χ2n) is 2.10. The molecule has 0 fully saturated rings. The zero-order chi connectivity index (χ0) is 8.43. The van der Waals surface area contributed by atoms with Crippen LogP contribution in [0, 0.1) is 0 Å². The van der Waals surface area contributed by atoms with Crippen molar-refractivity contribution < 1.29 is 0 Å². The van der Waals surface area contributed by atoms with E-state index in [1.54, 1.807) is 16.3 Å². The maximum atomic E-state index is 5.79. The molecule has 0 N–H and O–H groups in total. The number of thioether (sulfide) groups is 1. The highest BCUT2D eigenvalue weighted by Crippen LogP contribution is 2.22. The first-order chi connectivity index (χ1) is 5.16. The summed E-state index contributed by atoms with van der Waals surface area (Å²) in [4.78, 5) is 4.08. The Morgan fingerprint density at radius 1 is 1.55 bits per heavy atom. The van der Waals surface area contributed by atoms with Gasteiger partial charge in [-0.1, -0.05) is 23.2 Å². The Balaban J connectivity index is 2.98. The van der Waals surface area contributed by atoms with Crippen molar-refractivity contribution in [3.8, 4) is 0 Å². The maximum Gasteiger partial charge on any atom is 0.166 e. The SMILES string of the molecule is CSCc1nc(Cl)c(Cl)n1C. The van der Waals surface area contributed by atoms with E-state index in [4.69, 9.17) is 23.2 Å². The van der Waals surface area contributed by atoms with E-state index in [0.717, 1.165) is 11.6 Å². The van der Waals surface area contributed by atoms with Crippen molar-refractivity contribution in [1.82, 2.24) is 9.55 Å². The summed E-state index contributed by atoms with van der Waals surface area (Å²) in [5.41, 5.74) is 0. The summed E-state index contributed by atoms with van der Waals surface area (Å²) in [7, 11) is 1.85. The lowest BCUT2D eigenvalue weighted by atomic mass is 10.7. The summed E-state index contributed by atoms with van der Waals surface area (Å²) < 4.78 is 1.79. The molecule has 62 valence electrons. The van der Waals surface area contributed by atoms with Gasteiger partial charge in [0.25, 0.3) is 0 Å². The smallest absolute Gasteiger partial charge is 0.166 e. The van der Waals surface area contributed by atoms with Gasteiger partial charge in [0.15, 0.2) is 5.15 Å². The van der Waals surface area contributed by atoms with E-state index in [2.05, 4.69) is 4.98 Å². The van der Waals surface area contributed by atoms with Crippen LogP contribution in [0.1, 0.15) is 5.82 Å². The highest BCUT2D eigenvalue weighted by Gasteiger charge is 2.09. The van der Waals surface area contributed by atoms with Crippen molar-refractivity contribution in [2.75, 3.05) is 6.26 Å². The fraction of sp³-hybridized carbons (Fsp3) is 0.500. The van der Waals surface area contributed by atoms with Crippen LogP contribution >= 0.6 is 35.0 Å². The van der Waals surface area contributed by atoms with Crippen LogP contribution in [0.2, 0.25) is 10.3 Å². The van der Waals surface area contributed by atoms with Gasteiger partial charge in [-0.15, -0.1) is 0 Å². The van der Waals surface area contributed by atoms with Gasteiger partial charge in [-0.3, -0.25) is 0 Å². The molecule has 0 aromatic carbocycles. The van der Waals surface area contributed by atoms with E-state index in [9.17, 15) is 0 Å². The molecule has 0 amide bonds. The lowest BCUT2D eigenvalue weighted by Gasteiger charge is -1.97. The first kappa shape index (κ1) is 9.23. The molecule has 2 nitrogen and oxygen atoms in total. The second-order valence-corrected chi connectivity index (χ2v) is 3.68. The molecule has 1 aromatic heterocycles. The molecule has 0 unspecified atom stereocenters. The molecule has 0 aliphatic rings. The Morgan fingerprint density at radius 2 is 2.18 bits per heavy atom. The van der Waals surface area contributed by atoms with Gasteiger partial charge in [-0.05, 0) is 6.26 Å². The molecule has 1 aromatic rings. The number of aromatic nitrogens is 2. The van der Waals surface area contributed by atoms with Crippen LogP contribution in [-0.4, -0.2) is 15.8 Å². The molecule has 0 saturated carbocycles. The van der Waals surface area contributed by atoms with Crippen LogP contribution in [0.5, 0.6) is 0 Å². The van der Waals surface area contributed by atoms with Gasteiger partial charge >= 0.3 is 0 Å². The molecule has 0 atom stereocenters. The summed E-state index contributed by atoms with van der Waals surface area (Å²) in [6.07, 6.45) is 2.01. The van der Waals surface area contributed by atoms with E-state index in [0.29, 0.717) is 10.3 Å². The molecule has 1 rings (SSSR count). The predicted molar refractivity (Wildman–Crippen MR) is 50.4 cm³/mol. The van der Waals surface area contributed by atoms with Crippen molar-refractivity contribution in [2.24, 2.45) is 7.05 Å². The van der Waals surface area contributed by atoms with Gasteiger partial charge in [0, 0.05) is 7.05 Å². The van der Waals surface area contributed by atoms with Crippen molar-refractivity contribution in [3.05, 3.63) is 16.1 Å². The molecule has 11 heavy (non-hydrogen) atoms. The number of imidazole rings is 1. The number of hydrogen-bond acceptors (Lipinski definition) is 2. The fourth-order valence-electron chi connectivity index (χ4n) is 0.744. The van der Waals surface area contributed by atoms with Crippen molar-refractivity contribution >= 4 is 35.0 Å². The molecule has 0 spiro atoms. The third-order valence-corrected chi connectivity index (χ3v) is 2.69. The average molecular weight is 211 g/mol. The van der Waals surface area contributed by atoms with Gasteiger partial charge in [0.05, 0.1) is 5.75 Å². The highest BCUT2D eigenvalue weighted by atomic mass is 35.5. The first-order valence-corrected chi connectivity index (χ1v) is 5.17. The van der Waals surface area contributed by atoms with Gasteiger partial charge < -0.3 is 4.57 Å². The molecule has 1 heterocycles. The van der Waals surface area contributed by atoms with E-state index >= 15 is 0 Å². The second kappa shape index (κ2) is 3.70. The van der Waals surface area contributed by atoms with Crippen LogP contribution in [0.25, 0.3) is 0 Å². The summed E-state index contributed by atoms with van der Waals surface area (Å²) in [6, 6.07) is 0. The largest absolute Gasteiger partial charge is 0.320 e. The lowest BCUT2D eigenvalue weighted by Crippen LogP contribution is -1.94. The van der Waals surface area contributed by atoms with Crippen LogP contribution in [0.4, 0.5) is 0 Å². The van der Waals surface area contributed by atoms with E-state index < -0.39 is 0 Å². The Morgan fingerprint density at radius 3 is 2.55 bits per heavy atom. The number of rotatable bonds is 2. The molecule has 0 radical (unpaired) electrons. The van der Waals surface area contributed by atoms with Crippen LogP contribution < -0.4 is 0 Å². The molecule has 0 saturated heterocycles. The Hall–Kier alpha value is 0.140. The molecular formula is C6H8Cl2N2S. The quantitative estimate of drug-likeness (QED) is 0.748. The predicted octanol–water partition coefficient (Wildman–Crippen LogP) is 2.59. The number of hydrogen-bond donors (Lipinski definition) is 0. The number of nitrogens with zero attached hydrogens (tertiary/aromatic N) is 2. The van der Waals surface area contributed by atoms with Crippen LogP contribution in [0.15, 0.2) is 0 Å². The zero-order valence-electron chi connectivity index (χ0n) is 6.27. The molecule has 0 aliphatic heterocycles. The normalized spacial score (nSPS) is 10.5. The van der Waals surface area contributed by atoms with Gasteiger partial charge in [-0.2, -0.15) is 11.8 Å². The number of halogens is 2. The van der Waals surface area contributed by atoms with E-state index in [1.807, 2.05) is 13.3 Å². The minimum absolute atomic E-state index is 0.387. The van der Waals surface area contributed by atoms with Crippen molar-refractivity contribution in [3.63, 3.8) is 0 Å². The molecule has 0 bridgehead atoms. The monoisotopic (exact) mass is 210 g/mol. The fourth-order valence-corrected chi connectivity index (χ4v) is 1.62. The molecule has 0 aliphatic carbocycles. The topological polar surface area (TPSA) is 17.8 Å². The third kappa shape index (κ3) is 1.83. The summed E-state index contributed by atoms with van der Waals surface area (Å²) in [5, 5.41) is 0.897. The van der Waals surface area contributed by atoms with Crippen molar-refractivity contribution in [1.29, 1.82) is 0 Å². The lowest BCUT2D eigenvalue weighted by molar-refractivity contribution is 0.850. The van der Waals surface area contributed by atoms with Crippen LogP contribution in [0.3, 0.4) is 0 Å². The third-order valence-electron chi connectivity index (χ3n) is 1.35.